The third kappa shape index (κ3) is 4.33. The maximum absolute atomic E-state index is 12.8. The Balaban J connectivity index is 1.54. The summed E-state index contributed by atoms with van der Waals surface area (Å²) >= 11 is 3.36. The monoisotopic (exact) mass is 445 g/mol. The minimum absolute atomic E-state index is 0.264. The van der Waals surface area contributed by atoms with Gasteiger partial charge in [-0.25, -0.2) is 4.79 Å². The lowest BCUT2D eigenvalue weighted by Gasteiger charge is -2.22. The van der Waals surface area contributed by atoms with Crippen LogP contribution in [0.3, 0.4) is 0 Å². The number of benzene rings is 2. The molecule has 0 radical (unpaired) electrons. The Morgan fingerprint density at radius 1 is 1.18 bits per heavy atom. The Morgan fingerprint density at radius 2 is 1.93 bits per heavy atom. The van der Waals surface area contributed by atoms with Crippen LogP contribution in [0.2, 0.25) is 0 Å². The van der Waals surface area contributed by atoms with Gasteiger partial charge in [0.2, 0.25) is 5.91 Å². The minimum Gasteiger partial charge on any atom is -0.492 e. The molecule has 1 unspecified atom stereocenters. The Hall–Kier alpha value is -2.87. The van der Waals surface area contributed by atoms with Gasteiger partial charge in [-0.3, -0.25) is 14.5 Å². The zero-order chi connectivity index (χ0) is 20.1. The van der Waals surface area contributed by atoms with Crippen molar-refractivity contribution in [2.24, 2.45) is 0 Å². The van der Waals surface area contributed by atoms with Crippen LogP contribution in [0.15, 0.2) is 59.1 Å². The van der Waals surface area contributed by atoms with Gasteiger partial charge in [0.15, 0.2) is 0 Å². The molecule has 3 rings (SSSR count). The van der Waals surface area contributed by atoms with Gasteiger partial charge < -0.3 is 15.4 Å². The number of hydrogen-bond donors (Lipinski definition) is 2. The van der Waals surface area contributed by atoms with Gasteiger partial charge in [0.25, 0.3) is 5.91 Å². The first kappa shape index (κ1) is 19.9. The molecule has 0 spiro atoms. The summed E-state index contributed by atoms with van der Waals surface area (Å²) in [6.45, 7) is 1.83. The van der Waals surface area contributed by atoms with Crippen LogP contribution in [0.1, 0.15) is 12.5 Å². The second-order valence-electron chi connectivity index (χ2n) is 6.47. The van der Waals surface area contributed by atoms with E-state index < -0.39 is 23.4 Å². The summed E-state index contributed by atoms with van der Waals surface area (Å²) in [6, 6.07) is 15.8. The number of urea groups is 1. The fraction of sp³-hybridized carbons (Fsp3) is 0.250. The second kappa shape index (κ2) is 8.43. The van der Waals surface area contributed by atoms with Gasteiger partial charge in [-0.05, 0) is 36.8 Å². The highest BCUT2D eigenvalue weighted by Crippen LogP contribution is 2.30. The Morgan fingerprint density at radius 3 is 2.64 bits per heavy atom. The highest BCUT2D eigenvalue weighted by atomic mass is 79.9. The van der Waals surface area contributed by atoms with Crippen LogP contribution in [0, 0.1) is 0 Å². The number of amides is 4. The molecule has 1 heterocycles. The first-order valence-electron chi connectivity index (χ1n) is 8.75. The molecular weight excluding hydrogens is 426 g/mol. The lowest BCUT2D eigenvalue weighted by atomic mass is 9.92. The lowest BCUT2D eigenvalue weighted by Crippen LogP contribution is -2.43. The molecule has 1 aliphatic rings. The molecule has 1 atom stereocenters. The maximum atomic E-state index is 12.8. The Labute approximate surface area is 171 Å². The highest BCUT2D eigenvalue weighted by molar-refractivity contribution is 9.10. The fourth-order valence-corrected chi connectivity index (χ4v) is 3.31. The van der Waals surface area contributed by atoms with Gasteiger partial charge in [-0.1, -0.05) is 46.3 Å². The summed E-state index contributed by atoms with van der Waals surface area (Å²) in [5, 5.41) is 5.33. The average Bonchev–Trinajstić information content (AvgIpc) is 2.90. The number of imide groups is 1. The number of ether oxygens (including phenoxy) is 1. The summed E-state index contributed by atoms with van der Waals surface area (Å²) < 4.78 is 6.29. The van der Waals surface area contributed by atoms with Crippen molar-refractivity contribution in [3.05, 3.63) is 64.6 Å². The second-order valence-corrected chi connectivity index (χ2v) is 7.38. The number of nitrogens with one attached hydrogen (secondary N) is 2. The van der Waals surface area contributed by atoms with E-state index in [1.165, 1.54) is 0 Å². The zero-order valence-corrected chi connectivity index (χ0v) is 16.9. The van der Waals surface area contributed by atoms with Crippen molar-refractivity contribution in [2.45, 2.75) is 12.5 Å². The van der Waals surface area contributed by atoms with E-state index in [4.69, 9.17) is 4.74 Å². The van der Waals surface area contributed by atoms with Gasteiger partial charge in [0, 0.05) is 4.47 Å². The maximum Gasteiger partial charge on any atom is 0.325 e. The smallest absolute Gasteiger partial charge is 0.325 e. The quantitative estimate of drug-likeness (QED) is 0.505. The van der Waals surface area contributed by atoms with Gasteiger partial charge in [-0.15, -0.1) is 0 Å². The van der Waals surface area contributed by atoms with Gasteiger partial charge >= 0.3 is 6.03 Å². The summed E-state index contributed by atoms with van der Waals surface area (Å²) in [5.41, 5.74) is -0.572. The van der Waals surface area contributed by atoms with E-state index in [2.05, 4.69) is 26.6 Å². The molecular formula is C20H20BrN3O4. The van der Waals surface area contributed by atoms with Crippen molar-refractivity contribution < 1.29 is 19.1 Å². The molecule has 0 saturated carbocycles. The molecule has 2 N–H and O–H groups in total. The summed E-state index contributed by atoms with van der Waals surface area (Å²) in [6.07, 6.45) is 0. The molecule has 1 aliphatic heterocycles. The van der Waals surface area contributed by atoms with E-state index >= 15 is 0 Å². The normalized spacial score (nSPS) is 18.7. The minimum atomic E-state index is -1.21. The number of halogens is 1. The number of hydrogen-bond acceptors (Lipinski definition) is 4. The van der Waals surface area contributed by atoms with Gasteiger partial charge in [-0.2, -0.15) is 0 Å². The molecule has 2 aromatic carbocycles. The van der Waals surface area contributed by atoms with E-state index in [0.29, 0.717) is 11.3 Å². The summed E-state index contributed by atoms with van der Waals surface area (Å²) in [4.78, 5) is 38.2. The van der Waals surface area contributed by atoms with Crippen LogP contribution < -0.4 is 15.4 Å². The molecule has 0 aromatic heterocycles. The van der Waals surface area contributed by atoms with Crippen LogP contribution >= 0.6 is 15.9 Å². The van der Waals surface area contributed by atoms with Crippen molar-refractivity contribution in [1.29, 1.82) is 0 Å². The number of para-hydroxylation sites is 1. The third-order valence-electron chi connectivity index (χ3n) is 4.41. The lowest BCUT2D eigenvalue weighted by molar-refractivity contribution is -0.134. The number of carbonyl (C=O) groups is 3. The highest BCUT2D eigenvalue weighted by Gasteiger charge is 2.49. The Kier molecular flexibility index (Phi) is 5.99. The van der Waals surface area contributed by atoms with E-state index in [9.17, 15) is 14.4 Å². The fourth-order valence-electron chi connectivity index (χ4n) is 2.91. The van der Waals surface area contributed by atoms with Crippen LogP contribution in [-0.2, 0) is 15.1 Å². The molecule has 146 valence electrons. The first-order chi connectivity index (χ1) is 13.4. The zero-order valence-electron chi connectivity index (χ0n) is 15.3. The van der Waals surface area contributed by atoms with Crippen molar-refractivity contribution in [3.63, 3.8) is 0 Å². The molecule has 0 bridgehead atoms. The van der Waals surface area contributed by atoms with Crippen molar-refractivity contribution in [3.8, 4) is 5.75 Å². The standard InChI is InChI=1S/C20H20BrN3O4/c1-20(14-6-5-7-15(21)12-14)18(26)24(19(27)23-20)13-17(25)22-10-11-28-16-8-3-2-4-9-16/h2-9,12H,10-11,13H2,1H3,(H,22,25)(H,23,27). The van der Waals surface area contributed by atoms with Crippen LogP contribution in [0.5, 0.6) is 5.75 Å². The summed E-state index contributed by atoms with van der Waals surface area (Å²) in [5.74, 6) is -0.194. The predicted molar refractivity (Wildman–Crippen MR) is 107 cm³/mol. The molecule has 4 amide bonds. The van der Waals surface area contributed by atoms with E-state index in [-0.39, 0.29) is 19.7 Å². The van der Waals surface area contributed by atoms with Crippen LogP contribution in [0.4, 0.5) is 4.79 Å². The SMILES string of the molecule is CC1(c2cccc(Br)c2)NC(=O)N(CC(=O)NCCOc2ccccc2)C1=O. The van der Waals surface area contributed by atoms with Crippen LogP contribution in [-0.4, -0.2) is 42.4 Å². The number of carbonyl (C=O) groups excluding carboxylic acids is 3. The Bertz CT molecular complexity index is 890. The van der Waals surface area contributed by atoms with Crippen molar-refractivity contribution in [1.82, 2.24) is 15.5 Å². The first-order valence-corrected chi connectivity index (χ1v) is 9.54. The molecule has 1 fully saturated rings. The molecule has 0 aliphatic carbocycles. The molecule has 7 nitrogen and oxygen atoms in total. The van der Waals surface area contributed by atoms with Gasteiger partial charge in [0.1, 0.15) is 24.4 Å². The molecule has 28 heavy (non-hydrogen) atoms. The number of rotatable bonds is 7. The van der Waals surface area contributed by atoms with Crippen molar-refractivity contribution in [2.75, 3.05) is 19.7 Å². The number of nitrogens with zero attached hydrogens (tertiary/aromatic N) is 1. The molecule has 2 aromatic rings. The van der Waals surface area contributed by atoms with Gasteiger partial charge in [0.05, 0.1) is 6.54 Å². The third-order valence-corrected chi connectivity index (χ3v) is 4.91. The van der Waals surface area contributed by atoms with Crippen LogP contribution in [0.25, 0.3) is 0 Å². The predicted octanol–water partition coefficient (Wildman–Crippen LogP) is 2.41. The van der Waals surface area contributed by atoms with E-state index in [0.717, 1.165) is 9.37 Å². The largest absolute Gasteiger partial charge is 0.492 e. The molecule has 1 saturated heterocycles. The topological polar surface area (TPSA) is 87.7 Å². The van der Waals surface area contributed by atoms with Crippen molar-refractivity contribution >= 4 is 33.8 Å². The van der Waals surface area contributed by atoms with E-state index in [1.807, 2.05) is 36.4 Å². The van der Waals surface area contributed by atoms with E-state index in [1.54, 1.807) is 25.1 Å². The molecule has 8 heteroatoms. The average molecular weight is 446 g/mol. The summed E-state index contributed by atoms with van der Waals surface area (Å²) in [7, 11) is 0.